The molecule has 0 aliphatic carbocycles. The molecule has 0 N–H and O–H groups in total. The summed E-state index contributed by atoms with van der Waals surface area (Å²) in [5, 5.41) is 17.2. The van der Waals surface area contributed by atoms with Crippen molar-refractivity contribution in [1.29, 1.82) is 0 Å². The average Bonchev–Trinajstić information content (AvgIpc) is 3.33. The molecule has 0 saturated carbocycles. The number of nitro benzene ring substituents is 1. The third kappa shape index (κ3) is 3.74. The number of rotatable bonds is 5. The molecule has 10 nitrogen and oxygen atoms in total. The minimum atomic E-state index is -0.900. The van der Waals surface area contributed by atoms with Crippen LogP contribution in [-0.4, -0.2) is 41.4 Å². The lowest BCUT2D eigenvalue weighted by atomic mass is 10.1. The number of nitro groups is 1. The quantitative estimate of drug-likeness (QED) is 0.540. The second-order valence-electron chi connectivity index (χ2n) is 6.09. The topological polar surface area (TPSA) is 113 Å². The smallest absolute Gasteiger partial charge is 0.286 e. The lowest BCUT2D eigenvalue weighted by Gasteiger charge is -2.19. The van der Waals surface area contributed by atoms with Crippen molar-refractivity contribution in [2.75, 3.05) is 13.4 Å². The van der Waals surface area contributed by atoms with Gasteiger partial charge in [0.25, 0.3) is 5.69 Å². The van der Waals surface area contributed by atoms with Crippen molar-refractivity contribution < 1.29 is 28.7 Å². The van der Waals surface area contributed by atoms with Gasteiger partial charge in [-0.15, -0.1) is 5.10 Å². The van der Waals surface area contributed by atoms with E-state index >= 15 is 0 Å². The van der Waals surface area contributed by atoms with Gasteiger partial charge in [-0.05, 0) is 24.3 Å². The highest BCUT2D eigenvalue weighted by molar-refractivity contribution is 6.30. The number of nitrogens with zero attached hydrogens (tertiary/aromatic N) is 3. The molecule has 4 rings (SSSR count). The highest BCUT2D eigenvalue weighted by Gasteiger charge is 2.36. The fourth-order valence-corrected chi connectivity index (χ4v) is 2.94. The molecule has 0 radical (unpaired) electrons. The lowest BCUT2D eigenvalue weighted by molar-refractivity contribution is -0.385. The number of fused-ring (bicyclic) bond motifs is 1. The van der Waals surface area contributed by atoms with Gasteiger partial charge in [0, 0.05) is 18.0 Å². The predicted octanol–water partition coefficient (Wildman–Crippen LogP) is 2.92. The van der Waals surface area contributed by atoms with Gasteiger partial charge in [0.15, 0.2) is 11.5 Å². The summed E-state index contributed by atoms with van der Waals surface area (Å²) in [7, 11) is 0. The lowest BCUT2D eigenvalue weighted by Crippen LogP contribution is -2.36. The molecule has 11 heteroatoms. The molecule has 1 amide bonds. The van der Waals surface area contributed by atoms with Crippen LogP contribution >= 0.6 is 11.6 Å². The number of ether oxygens (including phenoxy) is 4. The zero-order valence-electron chi connectivity index (χ0n) is 15.0. The highest BCUT2D eigenvalue weighted by Crippen LogP contribution is 2.39. The molecule has 2 heterocycles. The molecular weight excluding hydrogens is 406 g/mol. The van der Waals surface area contributed by atoms with Gasteiger partial charge in [-0.25, -0.2) is 0 Å². The van der Waals surface area contributed by atoms with Gasteiger partial charge < -0.3 is 18.9 Å². The molecule has 0 aromatic heterocycles. The average molecular weight is 420 g/mol. The standard InChI is InChI=1S/C18H14ClN3O7/c1-10(23)21-17(8-26-12-4-2-11(19)3-5-12)29-18(20-21)13-6-15-16(28-9-27-15)7-14(13)22(24)25/h2-7,17H,8-9H2,1H3/t17-/m0/s1. The first-order valence-electron chi connectivity index (χ1n) is 8.44. The molecule has 0 bridgehead atoms. The number of hydrogen-bond donors (Lipinski definition) is 0. The first-order valence-corrected chi connectivity index (χ1v) is 8.82. The van der Waals surface area contributed by atoms with Crippen LogP contribution in [0.3, 0.4) is 0 Å². The zero-order chi connectivity index (χ0) is 20.5. The van der Waals surface area contributed by atoms with Crippen molar-refractivity contribution in [3.63, 3.8) is 0 Å². The number of carbonyl (C=O) groups excluding carboxylic acids is 1. The van der Waals surface area contributed by atoms with Gasteiger partial charge in [0.1, 0.15) is 17.9 Å². The fraction of sp³-hybridized carbons (Fsp3) is 0.222. The molecule has 0 fully saturated rings. The molecule has 0 spiro atoms. The number of hydrazone groups is 1. The van der Waals surface area contributed by atoms with Crippen LogP contribution in [0.5, 0.6) is 17.2 Å². The number of hydrogen-bond acceptors (Lipinski definition) is 8. The van der Waals surface area contributed by atoms with Crippen LogP contribution in [0.25, 0.3) is 0 Å². The molecule has 2 aliphatic rings. The normalized spacial score (nSPS) is 17.0. The monoisotopic (exact) mass is 419 g/mol. The van der Waals surface area contributed by atoms with E-state index in [1.54, 1.807) is 24.3 Å². The minimum absolute atomic E-state index is 0.0413. The first kappa shape index (κ1) is 18.8. The maximum Gasteiger partial charge on any atom is 0.286 e. The van der Waals surface area contributed by atoms with E-state index in [1.165, 1.54) is 19.1 Å². The van der Waals surface area contributed by atoms with Gasteiger partial charge >= 0.3 is 0 Å². The van der Waals surface area contributed by atoms with Gasteiger partial charge in [0.2, 0.25) is 24.8 Å². The Morgan fingerprint density at radius 3 is 2.66 bits per heavy atom. The molecule has 150 valence electrons. The predicted molar refractivity (Wildman–Crippen MR) is 100 cm³/mol. The van der Waals surface area contributed by atoms with Crippen molar-refractivity contribution in [3.05, 3.63) is 57.1 Å². The van der Waals surface area contributed by atoms with Crippen molar-refractivity contribution in [3.8, 4) is 17.2 Å². The Labute approximate surface area is 169 Å². The summed E-state index contributed by atoms with van der Waals surface area (Å²) in [5.74, 6) is 0.601. The maximum atomic E-state index is 12.0. The summed E-state index contributed by atoms with van der Waals surface area (Å²) in [6.07, 6.45) is -0.900. The number of benzene rings is 2. The summed E-state index contributed by atoms with van der Waals surface area (Å²) in [5.41, 5.74) is -0.213. The van der Waals surface area contributed by atoms with Crippen LogP contribution in [0, 0.1) is 10.1 Å². The maximum absolute atomic E-state index is 12.0. The van der Waals surface area contributed by atoms with E-state index in [2.05, 4.69) is 5.10 Å². The van der Waals surface area contributed by atoms with E-state index in [9.17, 15) is 14.9 Å². The van der Waals surface area contributed by atoms with E-state index in [0.717, 1.165) is 5.01 Å². The summed E-state index contributed by atoms with van der Waals surface area (Å²) in [6, 6.07) is 9.29. The first-order chi connectivity index (χ1) is 13.9. The largest absolute Gasteiger partial charge is 0.488 e. The number of carbonyl (C=O) groups is 1. The molecule has 29 heavy (non-hydrogen) atoms. The third-order valence-corrected chi connectivity index (χ3v) is 4.42. The summed E-state index contributed by atoms with van der Waals surface area (Å²) in [6.45, 7) is 1.21. The van der Waals surface area contributed by atoms with E-state index < -0.39 is 17.1 Å². The summed E-state index contributed by atoms with van der Waals surface area (Å²) >= 11 is 5.85. The Bertz CT molecular complexity index is 1010. The van der Waals surface area contributed by atoms with Gasteiger partial charge in [0.05, 0.1) is 11.0 Å². The minimum Gasteiger partial charge on any atom is -0.488 e. The second-order valence-corrected chi connectivity index (χ2v) is 6.52. The van der Waals surface area contributed by atoms with Crippen LogP contribution in [0.2, 0.25) is 5.02 Å². The van der Waals surface area contributed by atoms with Crippen molar-refractivity contribution >= 4 is 29.1 Å². The van der Waals surface area contributed by atoms with E-state index in [4.69, 9.17) is 30.5 Å². The van der Waals surface area contributed by atoms with Crippen LogP contribution in [0.15, 0.2) is 41.5 Å². The van der Waals surface area contributed by atoms with Gasteiger partial charge in [-0.1, -0.05) is 11.6 Å². The highest BCUT2D eigenvalue weighted by atomic mass is 35.5. The third-order valence-electron chi connectivity index (χ3n) is 4.17. The zero-order valence-corrected chi connectivity index (χ0v) is 15.8. The van der Waals surface area contributed by atoms with Gasteiger partial charge in [-0.3, -0.25) is 14.9 Å². The Morgan fingerprint density at radius 2 is 2.00 bits per heavy atom. The van der Waals surface area contributed by atoms with E-state index in [0.29, 0.717) is 16.5 Å². The fourth-order valence-electron chi connectivity index (χ4n) is 2.81. The summed E-state index contributed by atoms with van der Waals surface area (Å²) in [4.78, 5) is 22.9. The molecule has 2 aromatic carbocycles. The molecule has 1 atom stereocenters. The Balaban J connectivity index is 1.59. The van der Waals surface area contributed by atoms with Crippen LogP contribution in [0.4, 0.5) is 5.69 Å². The SMILES string of the molecule is CC(=O)N1N=C(c2cc3c(cc2[N+](=O)[O-])OCO3)O[C@H]1COc1ccc(Cl)cc1. The summed E-state index contributed by atoms with van der Waals surface area (Å²) < 4.78 is 21.8. The van der Waals surface area contributed by atoms with Crippen LogP contribution in [0.1, 0.15) is 12.5 Å². The van der Waals surface area contributed by atoms with Gasteiger partial charge in [-0.2, -0.15) is 5.01 Å². The van der Waals surface area contributed by atoms with Crippen molar-refractivity contribution in [2.24, 2.45) is 5.10 Å². The van der Waals surface area contributed by atoms with E-state index in [1.807, 2.05) is 0 Å². The van der Waals surface area contributed by atoms with Crippen molar-refractivity contribution in [1.82, 2.24) is 5.01 Å². The van der Waals surface area contributed by atoms with E-state index in [-0.39, 0.29) is 36.3 Å². The number of amides is 1. The Hall–Kier alpha value is -3.53. The van der Waals surface area contributed by atoms with Crippen LogP contribution in [-0.2, 0) is 9.53 Å². The molecule has 2 aliphatic heterocycles. The number of halogens is 1. The molecule has 2 aromatic rings. The Kier molecular flexibility index (Phi) is 4.85. The molecule has 0 saturated heterocycles. The molecular formula is C18H14ClN3O7. The van der Waals surface area contributed by atoms with Crippen molar-refractivity contribution in [2.45, 2.75) is 13.2 Å². The second kappa shape index (κ2) is 7.47. The molecule has 0 unspecified atom stereocenters. The Morgan fingerprint density at radius 1 is 1.31 bits per heavy atom. The van der Waals surface area contributed by atoms with Crippen LogP contribution < -0.4 is 14.2 Å².